The van der Waals surface area contributed by atoms with E-state index in [4.69, 9.17) is 16.3 Å². The zero-order valence-electron chi connectivity index (χ0n) is 15.2. The van der Waals surface area contributed by atoms with Crippen molar-refractivity contribution in [3.63, 3.8) is 0 Å². The Kier molecular flexibility index (Phi) is 4.87. The van der Waals surface area contributed by atoms with Crippen LogP contribution in [0.25, 0.3) is 11.0 Å². The SMILES string of the molecule is CN(C(=O)OC(C)(C)C)c1nc2cnc(Cl)cc2n1Cc1ccccc1. The van der Waals surface area contributed by atoms with Crippen molar-refractivity contribution in [3.8, 4) is 0 Å². The molecule has 0 aliphatic carbocycles. The van der Waals surface area contributed by atoms with Crippen LogP contribution in [-0.4, -0.2) is 33.3 Å². The van der Waals surface area contributed by atoms with Crippen LogP contribution in [0.4, 0.5) is 10.7 Å². The van der Waals surface area contributed by atoms with Crippen LogP contribution in [0, 0.1) is 0 Å². The van der Waals surface area contributed by atoms with Crippen molar-refractivity contribution < 1.29 is 9.53 Å². The molecule has 1 amide bonds. The Morgan fingerprint density at radius 1 is 1.27 bits per heavy atom. The minimum Gasteiger partial charge on any atom is -0.443 e. The number of pyridine rings is 1. The third kappa shape index (κ3) is 3.96. The fourth-order valence-corrected chi connectivity index (χ4v) is 2.73. The van der Waals surface area contributed by atoms with E-state index in [1.165, 1.54) is 4.90 Å². The molecule has 0 unspecified atom stereocenters. The van der Waals surface area contributed by atoms with Crippen LogP contribution in [0.5, 0.6) is 0 Å². The molecule has 0 fully saturated rings. The maximum atomic E-state index is 12.5. The monoisotopic (exact) mass is 372 g/mol. The van der Waals surface area contributed by atoms with Crippen molar-refractivity contribution in [1.82, 2.24) is 14.5 Å². The maximum absolute atomic E-state index is 12.5. The average molecular weight is 373 g/mol. The second-order valence-corrected chi connectivity index (χ2v) is 7.41. The number of carbonyl (C=O) groups is 1. The molecule has 0 saturated carbocycles. The van der Waals surface area contributed by atoms with Gasteiger partial charge in [0, 0.05) is 13.1 Å². The molecule has 0 bridgehead atoms. The predicted molar refractivity (Wildman–Crippen MR) is 103 cm³/mol. The Balaban J connectivity index is 2.06. The van der Waals surface area contributed by atoms with Gasteiger partial charge in [-0.25, -0.2) is 14.8 Å². The quantitative estimate of drug-likeness (QED) is 0.635. The highest BCUT2D eigenvalue weighted by Gasteiger charge is 2.25. The van der Waals surface area contributed by atoms with E-state index in [0.717, 1.165) is 11.1 Å². The minimum absolute atomic E-state index is 0.373. The van der Waals surface area contributed by atoms with Crippen molar-refractivity contribution in [3.05, 3.63) is 53.3 Å². The number of hydrogen-bond acceptors (Lipinski definition) is 4. The molecule has 136 valence electrons. The van der Waals surface area contributed by atoms with Crippen LogP contribution >= 0.6 is 11.6 Å². The molecule has 0 saturated heterocycles. The van der Waals surface area contributed by atoms with Gasteiger partial charge in [-0.2, -0.15) is 0 Å². The van der Waals surface area contributed by atoms with E-state index in [0.29, 0.717) is 23.2 Å². The summed E-state index contributed by atoms with van der Waals surface area (Å²) in [6.45, 7) is 6.03. The second kappa shape index (κ2) is 6.96. The molecule has 0 spiro atoms. The number of anilines is 1. The van der Waals surface area contributed by atoms with Crippen LogP contribution in [-0.2, 0) is 11.3 Å². The molecule has 0 N–H and O–H groups in total. The van der Waals surface area contributed by atoms with Crippen LogP contribution in [0.2, 0.25) is 5.15 Å². The summed E-state index contributed by atoms with van der Waals surface area (Å²) in [6, 6.07) is 11.7. The summed E-state index contributed by atoms with van der Waals surface area (Å²) in [5, 5.41) is 0.373. The van der Waals surface area contributed by atoms with Crippen molar-refractivity contribution in [2.45, 2.75) is 32.9 Å². The normalized spacial score (nSPS) is 11.6. The summed E-state index contributed by atoms with van der Waals surface area (Å²) >= 11 is 6.07. The van der Waals surface area contributed by atoms with Gasteiger partial charge in [0.25, 0.3) is 0 Å². The standard InChI is InChI=1S/C19H21ClN4O2/c1-19(2,3)26-18(25)23(4)17-22-14-11-21-16(20)10-15(14)24(17)12-13-8-6-5-7-9-13/h5-11H,12H2,1-4H3. The summed E-state index contributed by atoms with van der Waals surface area (Å²) in [5.74, 6) is 0.474. The first-order chi connectivity index (χ1) is 12.2. The highest BCUT2D eigenvalue weighted by atomic mass is 35.5. The van der Waals surface area contributed by atoms with E-state index >= 15 is 0 Å². The topological polar surface area (TPSA) is 60.3 Å². The van der Waals surface area contributed by atoms with E-state index < -0.39 is 11.7 Å². The Morgan fingerprint density at radius 3 is 2.62 bits per heavy atom. The van der Waals surface area contributed by atoms with E-state index in [1.54, 1.807) is 19.3 Å². The first-order valence-corrected chi connectivity index (χ1v) is 8.65. The van der Waals surface area contributed by atoms with Crippen LogP contribution in [0.15, 0.2) is 42.6 Å². The van der Waals surface area contributed by atoms with E-state index in [2.05, 4.69) is 9.97 Å². The number of carbonyl (C=O) groups excluding carboxylic acids is 1. The van der Waals surface area contributed by atoms with Crippen molar-refractivity contribution in [1.29, 1.82) is 0 Å². The van der Waals surface area contributed by atoms with Crippen molar-refractivity contribution in [2.24, 2.45) is 0 Å². The molecule has 3 rings (SSSR count). The third-order valence-electron chi connectivity index (χ3n) is 3.73. The van der Waals surface area contributed by atoms with E-state index in [9.17, 15) is 4.79 Å². The molecule has 6 nitrogen and oxygen atoms in total. The molecule has 2 aromatic heterocycles. The molecule has 2 heterocycles. The lowest BCUT2D eigenvalue weighted by atomic mass is 10.2. The summed E-state index contributed by atoms with van der Waals surface area (Å²) in [4.78, 5) is 22.6. The summed E-state index contributed by atoms with van der Waals surface area (Å²) < 4.78 is 7.40. The first-order valence-electron chi connectivity index (χ1n) is 8.27. The van der Waals surface area contributed by atoms with Gasteiger partial charge in [0.05, 0.1) is 18.3 Å². The molecular weight excluding hydrogens is 352 g/mol. The molecule has 0 aliphatic rings. The number of nitrogens with zero attached hydrogens (tertiary/aromatic N) is 4. The zero-order chi connectivity index (χ0) is 18.9. The smallest absolute Gasteiger partial charge is 0.416 e. The number of benzene rings is 1. The van der Waals surface area contributed by atoms with Gasteiger partial charge in [0.2, 0.25) is 5.95 Å². The molecular formula is C19H21ClN4O2. The lowest BCUT2D eigenvalue weighted by Crippen LogP contribution is -2.35. The van der Waals surface area contributed by atoms with Gasteiger partial charge in [-0.05, 0) is 26.3 Å². The molecule has 3 aromatic rings. The lowest BCUT2D eigenvalue weighted by molar-refractivity contribution is 0.0586. The van der Waals surface area contributed by atoms with Crippen molar-refractivity contribution >= 4 is 34.7 Å². The van der Waals surface area contributed by atoms with Gasteiger partial charge < -0.3 is 9.30 Å². The Morgan fingerprint density at radius 2 is 1.96 bits per heavy atom. The first kappa shape index (κ1) is 18.2. The fourth-order valence-electron chi connectivity index (χ4n) is 2.58. The fraction of sp³-hybridized carbons (Fsp3) is 0.316. The van der Waals surface area contributed by atoms with Gasteiger partial charge in [-0.3, -0.25) is 4.90 Å². The number of fused-ring (bicyclic) bond motifs is 1. The predicted octanol–water partition coefficient (Wildman–Crippen LogP) is 4.50. The highest BCUT2D eigenvalue weighted by molar-refractivity contribution is 6.30. The summed E-state index contributed by atoms with van der Waals surface area (Å²) in [7, 11) is 1.64. The Labute approximate surface area is 157 Å². The highest BCUT2D eigenvalue weighted by Crippen LogP contribution is 2.26. The van der Waals surface area contributed by atoms with Gasteiger partial charge in [-0.15, -0.1) is 0 Å². The molecule has 7 heteroatoms. The lowest BCUT2D eigenvalue weighted by Gasteiger charge is -2.24. The number of amides is 1. The van der Waals surface area contributed by atoms with Crippen molar-refractivity contribution in [2.75, 3.05) is 11.9 Å². The number of ether oxygens (including phenoxy) is 1. The Hall–Kier alpha value is -2.60. The van der Waals surface area contributed by atoms with Crippen LogP contribution in [0.3, 0.4) is 0 Å². The zero-order valence-corrected chi connectivity index (χ0v) is 16.0. The minimum atomic E-state index is -0.591. The van der Waals surface area contributed by atoms with Gasteiger partial charge in [0.15, 0.2) is 0 Å². The summed E-state index contributed by atoms with van der Waals surface area (Å²) in [6.07, 6.45) is 1.13. The van der Waals surface area contributed by atoms with E-state index in [-0.39, 0.29) is 0 Å². The number of rotatable bonds is 3. The number of imidazole rings is 1. The number of halogens is 1. The van der Waals surface area contributed by atoms with E-state index in [1.807, 2.05) is 55.7 Å². The number of hydrogen-bond donors (Lipinski definition) is 0. The van der Waals surface area contributed by atoms with Gasteiger partial charge in [0.1, 0.15) is 16.3 Å². The molecule has 1 aromatic carbocycles. The molecule has 0 radical (unpaired) electrons. The summed E-state index contributed by atoms with van der Waals surface area (Å²) in [5.41, 5.74) is 1.96. The van der Waals surface area contributed by atoms with Gasteiger partial charge >= 0.3 is 6.09 Å². The maximum Gasteiger partial charge on any atom is 0.416 e. The second-order valence-electron chi connectivity index (χ2n) is 7.02. The van der Waals surface area contributed by atoms with Crippen LogP contribution in [0.1, 0.15) is 26.3 Å². The third-order valence-corrected chi connectivity index (χ3v) is 3.94. The molecule has 26 heavy (non-hydrogen) atoms. The largest absolute Gasteiger partial charge is 0.443 e. The average Bonchev–Trinajstić information content (AvgIpc) is 2.91. The Bertz CT molecular complexity index is 932. The van der Waals surface area contributed by atoms with Gasteiger partial charge in [-0.1, -0.05) is 41.9 Å². The van der Waals surface area contributed by atoms with Crippen LogP contribution < -0.4 is 4.90 Å². The number of aromatic nitrogens is 3. The molecule has 0 aliphatic heterocycles. The molecule has 0 atom stereocenters.